The van der Waals surface area contributed by atoms with Crippen LogP contribution in [0.2, 0.25) is 0 Å². The Bertz CT molecular complexity index is 2140. The molecule has 0 saturated carbocycles. The minimum Gasteiger partial charge on any atom is -0.489 e. The number of piperazine rings is 1. The van der Waals surface area contributed by atoms with Crippen LogP contribution in [0.5, 0.6) is 5.75 Å². The molecule has 2 atom stereocenters. The van der Waals surface area contributed by atoms with Crippen LogP contribution in [-0.2, 0) is 33.1 Å². The van der Waals surface area contributed by atoms with Gasteiger partial charge in [0.15, 0.2) is 0 Å². The van der Waals surface area contributed by atoms with E-state index in [1.54, 1.807) is 52.8 Å². The van der Waals surface area contributed by atoms with Gasteiger partial charge in [-0.1, -0.05) is 90.0 Å². The summed E-state index contributed by atoms with van der Waals surface area (Å²) < 4.78 is 66.0. The number of benzene rings is 5. The SMILES string of the molecule is Cc1ccc(S(=O)(=O)N2C[C@H]3CN(S(=O)(=O)c4ccc(C)cc4)[C@@H](Cc4ccc(OCc5ccccc5)cc4)CN3c3ccccc32)cc1. The molecular weight excluding hydrogens is 655 g/mol. The fourth-order valence-electron chi connectivity index (χ4n) is 6.69. The predicted molar refractivity (Wildman–Crippen MR) is 193 cm³/mol. The second kappa shape index (κ2) is 13.3. The zero-order valence-electron chi connectivity index (χ0n) is 27.5. The van der Waals surface area contributed by atoms with Gasteiger partial charge in [-0.15, -0.1) is 0 Å². The summed E-state index contributed by atoms with van der Waals surface area (Å²) in [6.07, 6.45) is 0.473. The minimum atomic E-state index is -3.92. The molecule has 0 aliphatic carbocycles. The van der Waals surface area contributed by atoms with Crippen LogP contribution >= 0.6 is 0 Å². The Kier molecular flexibility index (Phi) is 8.96. The van der Waals surface area contributed by atoms with Crippen LogP contribution in [0.25, 0.3) is 0 Å². The first kappa shape index (κ1) is 32.9. The normalized spacial score (nSPS) is 18.1. The fourth-order valence-corrected chi connectivity index (χ4v) is 9.86. The summed E-state index contributed by atoms with van der Waals surface area (Å²) in [4.78, 5) is 2.62. The van der Waals surface area contributed by atoms with Gasteiger partial charge in [-0.05, 0) is 79.9 Å². The van der Waals surface area contributed by atoms with Crippen molar-refractivity contribution in [3.63, 3.8) is 0 Å². The maximum atomic E-state index is 14.4. The quantitative estimate of drug-likeness (QED) is 0.173. The summed E-state index contributed by atoms with van der Waals surface area (Å²) in [6.45, 7) is 4.95. The van der Waals surface area contributed by atoms with Gasteiger partial charge in [-0.25, -0.2) is 16.8 Å². The van der Waals surface area contributed by atoms with E-state index in [-0.39, 0.29) is 22.9 Å². The minimum absolute atomic E-state index is 0.118. The van der Waals surface area contributed by atoms with Gasteiger partial charge in [-0.2, -0.15) is 4.31 Å². The van der Waals surface area contributed by atoms with Crippen molar-refractivity contribution >= 4 is 31.4 Å². The number of rotatable bonds is 9. The summed E-state index contributed by atoms with van der Waals surface area (Å²) in [7, 11) is -7.83. The van der Waals surface area contributed by atoms with Gasteiger partial charge in [0, 0.05) is 19.1 Å². The summed E-state index contributed by atoms with van der Waals surface area (Å²) in [5.41, 5.74) is 5.36. The highest BCUT2D eigenvalue weighted by Gasteiger charge is 2.46. The van der Waals surface area contributed by atoms with Gasteiger partial charge in [0.25, 0.3) is 10.0 Å². The highest BCUT2D eigenvalue weighted by atomic mass is 32.2. The lowest BCUT2D eigenvalue weighted by Gasteiger charge is -2.51. The van der Waals surface area contributed by atoms with Crippen LogP contribution in [0.3, 0.4) is 0 Å². The lowest BCUT2D eigenvalue weighted by molar-refractivity contribution is 0.250. The molecule has 0 unspecified atom stereocenters. The second-order valence-electron chi connectivity index (χ2n) is 12.8. The molecule has 0 N–H and O–H groups in total. The summed E-state index contributed by atoms with van der Waals surface area (Å²) in [5.74, 6) is 0.736. The smallest absolute Gasteiger partial charge is 0.264 e. The number of anilines is 2. The fraction of sp³-hybridized carbons (Fsp3) is 0.231. The number of fused-ring (bicyclic) bond motifs is 3. The Labute approximate surface area is 289 Å². The van der Waals surface area contributed by atoms with E-state index in [0.717, 1.165) is 33.7 Å². The molecule has 0 radical (unpaired) electrons. The largest absolute Gasteiger partial charge is 0.489 e. The third-order valence-corrected chi connectivity index (χ3v) is 13.1. The number of hydrogen-bond donors (Lipinski definition) is 0. The molecule has 0 spiro atoms. The molecule has 2 aliphatic heterocycles. The molecular formula is C39H39N3O5S2. The molecule has 2 heterocycles. The van der Waals surface area contributed by atoms with Crippen molar-refractivity contribution in [3.05, 3.63) is 150 Å². The Morgan fingerprint density at radius 1 is 0.592 bits per heavy atom. The Morgan fingerprint density at radius 2 is 1.16 bits per heavy atom. The lowest BCUT2D eigenvalue weighted by Crippen LogP contribution is -2.65. The van der Waals surface area contributed by atoms with Crippen molar-refractivity contribution in [2.24, 2.45) is 0 Å². The second-order valence-corrected chi connectivity index (χ2v) is 16.6. The molecule has 10 heteroatoms. The number of hydrogen-bond acceptors (Lipinski definition) is 6. The summed E-state index contributed by atoms with van der Waals surface area (Å²) in [5, 5.41) is 0. The third-order valence-electron chi connectivity index (χ3n) is 9.36. The lowest BCUT2D eigenvalue weighted by atomic mass is 9.99. The zero-order valence-corrected chi connectivity index (χ0v) is 29.1. The number of para-hydroxylation sites is 2. The van der Waals surface area contributed by atoms with E-state index in [0.29, 0.717) is 25.3 Å². The highest BCUT2D eigenvalue weighted by Crippen LogP contribution is 2.41. The molecule has 5 aromatic rings. The van der Waals surface area contributed by atoms with Crippen LogP contribution in [0, 0.1) is 13.8 Å². The topological polar surface area (TPSA) is 87.2 Å². The van der Waals surface area contributed by atoms with Crippen LogP contribution in [0.1, 0.15) is 22.3 Å². The van der Waals surface area contributed by atoms with E-state index in [1.807, 2.05) is 92.7 Å². The Morgan fingerprint density at radius 3 is 1.80 bits per heavy atom. The molecule has 1 saturated heterocycles. The van der Waals surface area contributed by atoms with E-state index in [2.05, 4.69) is 4.90 Å². The highest BCUT2D eigenvalue weighted by molar-refractivity contribution is 7.92. The van der Waals surface area contributed by atoms with E-state index in [9.17, 15) is 16.8 Å². The number of sulfonamides is 2. The van der Waals surface area contributed by atoms with E-state index in [4.69, 9.17) is 4.74 Å². The van der Waals surface area contributed by atoms with Crippen molar-refractivity contribution in [3.8, 4) is 5.75 Å². The van der Waals surface area contributed by atoms with Crippen LogP contribution in [0.15, 0.2) is 137 Å². The Balaban J connectivity index is 1.21. The van der Waals surface area contributed by atoms with E-state index >= 15 is 0 Å². The third kappa shape index (κ3) is 6.68. The van der Waals surface area contributed by atoms with Crippen molar-refractivity contribution < 1.29 is 21.6 Å². The van der Waals surface area contributed by atoms with Gasteiger partial charge in [0.05, 0.1) is 33.8 Å². The maximum Gasteiger partial charge on any atom is 0.264 e. The van der Waals surface area contributed by atoms with E-state index in [1.165, 1.54) is 4.31 Å². The molecule has 252 valence electrons. The zero-order chi connectivity index (χ0) is 34.2. The maximum absolute atomic E-state index is 14.4. The molecule has 8 nitrogen and oxygen atoms in total. The van der Waals surface area contributed by atoms with Gasteiger partial charge >= 0.3 is 0 Å². The molecule has 2 aliphatic rings. The van der Waals surface area contributed by atoms with E-state index < -0.39 is 32.1 Å². The van der Waals surface area contributed by atoms with Crippen molar-refractivity contribution in [1.29, 1.82) is 0 Å². The Hall–Kier alpha value is -4.64. The van der Waals surface area contributed by atoms with Gasteiger partial charge in [0.1, 0.15) is 12.4 Å². The number of aryl methyl sites for hydroxylation is 2. The van der Waals surface area contributed by atoms with Crippen molar-refractivity contribution in [2.75, 3.05) is 28.8 Å². The number of nitrogens with zero attached hydrogens (tertiary/aromatic N) is 3. The average molecular weight is 694 g/mol. The first-order chi connectivity index (χ1) is 23.6. The summed E-state index contributed by atoms with van der Waals surface area (Å²) in [6, 6.07) is 38.2. The molecule has 7 rings (SSSR count). The van der Waals surface area contributed by atoms with Gasteiger partial charge in [-0.3, -0.25) is 4.31 Å². The first-order valence-electron chi connectivity index (χ1n) is 16.4. The monoisotopic (exact) mass is 693 g/mol. The molecule has 5 aromatic carbocycles. The van der Waals surface area contributed by atoms with Gasteiger partial charge in [0.2, 0.25) is 10.0 Å². The van der Waals surface area contributed by atoms with Crippen LogP contribution in [-0.4, -0.2) is 52.9 Å². The first-order valence-corrected chi connectivity index (χ1v) is 19.3. The number of ether oxygens (including phenoxy) is 1. The molecule has 49 heavy (non-hydrogen) atoms. The average Bonchev–Trinajstić information content (AvgIpc) is 3.11. The van der Waals surface area contributed by atoms with Crippen LogP contribution in [0.4, 0.5) is 11.4 Å². The molecule has 0 bridgehead atoms. The van der Waals surface area contributed by atoms with Gasteiger partial charge < -0.3 is 9.64 Å². The van der Waals surface area contributed by atoms with Crippen LogP contribution < -0.4 is 13.9 Å². The molecule has 1 fully saturated rings. The standard InChI is InChI=1S/C39H39N3O5S2/c1-29-12-20-36(21-13-29)48(43,44)41-26-34-27-42(49(45,46)37-22-14-30(2)15-23-37)39-11-7-6-10-38(39)40(34)25-33(41)24-31-16-18-35(19-17-31)47-28-32-8-4-3-5-9-32/h3-23,33-34H,24-28H2,1-2H3/t33-,34+/m0/s1. The molecule has 0 amide bonds. The summed E-state index contributed by atoms with van der Waals surface area (Å²) >= 11 is 0. The van der Waals surface area contributed by atoms with Crippen molar-refractivity contribution in [2.45, 2.75) is 48.7 Å². The molecule has 0 aromatic heterocycles. The predicted octanol–water partition coefficient (Wildman–Crippen LogP) is 6.58. The van der Waals surface area contributed by atoms with Crippen molar-refractivity contribution in [1.82, 2.24) is 4.31 Å².